The first-order valence-electron chi connectivity index (χ1n) is 7.75. The molecule has 0 spiro atoms. The molecule has 0 saturated carbocycles. The van der Waals surface area contributed by atoms with E-state index >= 15 is 0 Å². The molecule has 0 unspecified atom stereocenters. The highest BCUT2D eigenvalue weighted by Crippen LogP contribution is 2.32. The number of amides is 1. The molecule has 0 aliphatic carbocycles. The molecule has 1 aliphatic heterocycles. The SMILES string of the molecule is O=C(Nc1ccccc1)c1cc(S(=O)(=O)N2CCCC2)c(Cl)cc1Cl. The van der Waals surface area contributed by atoms with Gasteiger partial charge in [0, 0.05) is 18.8 Å². The van der Waals surface area contributed by atoms with Crippen molar-refractivity contribution in [3.63, 3.8) is 0 Å². The van der Waals surface area contributed by atoms with Crippen LogP contribution in [-0.2, 0) is 10.0 Å². The Labute approximate surface area is 156 Å². The molecule has 2 aromatic carbocycles. The molecule has 8 heteroatoms. The third kappa shape index (κ3) is 3.82. The van der Waals surface area contributed by atoms with E-state index in [0.29, 0.717) is 18.8 Å². The van der Waals surface area contributed by atoms with Gasteiger partial charge < -0.3 is 5.32 Å². The highest BCUT2D eigenvalue weighted by molar-refractivity contribution is 7.89. The number of halogens is 2. The zero-order valence-corrected chi connectivity index (χ0v) is 15.5. The van der Waals surface area contributed by atoms with Crippen LogP contribution in [0.5, 0.6) is 0 Å². The fraction of sp³-hybridized carbons (Fsp3) is 0.235. The van der Waals surface area contributed by atoms with Gasteiger partial charge in [-0.25, -0.2) is 8.42 Å². The van der Waals surface area contributed by atoms with Crippen molar-refractivity contribution < 1.29 is 13.2 Å². The first kappa shape index (κ1) is 18.2. The molecule has 2 aromatic rings. The van der Waals surface area contributed by atoms with Gasteiger partial charge >= 0.3 is 0 Å². The van der Waals surface area contributed by atoms with E-state index in [1.165, 1.54) is 16.4 Å². The van der Waals surface area contributed by atoms with Gasteiger partial charge in [-0.05, 0) is 37.1 Å². The zero-order chi connectivity index (χ0) is 18.0. The standard InChI is InChI=1S/C17H16Cl2N2O3S/c18-14-11-15(19)16(25(23,24)21-8-4-5-9-21)10-13(14)17(22)20-12-6-2-1-3-7-12/h1-3,6-7,10-11H,4-5,8-9H2,(H,20,22). The normalized spacial score (nSPS) is 15.3. The highest BCUT2D eigenvalue weighted by atomic mass is 35.5. The average molecular weight is 399 g/mol. The Morgan fingerprint density at radius 1 is 1.00 bits per heavy atom. The zero-order valence-electron chi connectivity index (χ0n) is 13.2. The molecule has 1 heterocycles. The maximum absolute atomic E-state index is 12.8. The van der Waals surface area contributed by atoms with Crippen LogP contribution >= 0.6 is 23.2 Å². The van der Waals surface area contributed by atoms with Crippen LogP contribution < -0.4 is 5.32 Å². The van der Waals surface area contributed by atoms with E-state index in [4.69, 9.17) is 23.2 Å². The first-order chi connectivity index (χ1) is 11.9. The van der Waals surface area contributed by atoms with Crippen LogP contribution in [-0.4, -0.2) is 31.7 Å². The summed E-state index contributed by atoms with van der Waals surface area (Å²) < 4.78 is 26.9. The summed E-state index contributed by atoms with van der Waals surface area (Å²) in [5.41, 5.74) is 0.648. The van der Waals surface area contributed by atoms with Gasteiger partial charge in [-0.2, -0.15) is 4.31 Å². The summed E-state index contributed by atoms with van der Waals surface area (Å²) >= 11 is 12.2. The second kappa shape index (κ2) is 7.33. The lowest BCUT2D eigenvalue weighted by Gasteiger charge is -2.17. The van der Waals surface area contributed by atoms with Gasteiger partial charge in [-0.1, -0.05) is 41.4 Å². The molecule has 3 rings (SSSR count). The van der Waals surface area contributed by atoms with Gasteiger partial charge in [0.15, 0.2) is 0 Å². The summed E-state index contributed by atoms with van der Waals surface area (Å²) in [5, 5.41) is 2.80. The lowest BCUT2D eigenvalue weighted by molar-refractivity contribution is 0.102. The quantitative estimate of drug-likeness (QED) is 0.844. The average Bonchev–Trinajstić information content (AvgIpc) is 3.10. The van der Waals surface area contributed by atoms with Gasteiger partial charge in [0.25, 0.3) is 5.91 Å². The highest BCUT2D eigenvalue weighted by Gasteiger charge is 2.30. The summed E-state index contributed by atoms with van der Waals surface area (Å²) in [4.78, 5) is 12.4. The van der Waals surface area contributed by atoms with E-state index in [1.807, 2.05) is 6.07 Å². The van der Waals surface area contributed by atoms with Crippen LogP contribution in [0.15, 0.2) is 47.4 Å². The summed E-state index contributed by atoms with van der Waals surface area (Å²) in [6, 6.07) is 11.4. The van der Waals surface area contributed by atoms with Crippen LogP contribution in [0, 0.1) is 0 Å². The second-order valence-electron chi connectivity index (χ2n) is 5.69. The molecular weight excluding hydrogens is 383 g/mol. The van der Waals surface area contributed by atoms with Crippen LogP contribution in [0.2, 0.25) is 10.0 Å². The smallest absolute Gasteiger partial charge is 0.257 e. The molecule has 1 amide bonds. The predicted octanol–water partition coefficient (Wildman–Crippen LogP) is 4.03. The van der Waals surface area contributed by atoms with Crippen molar-refractivity contribution in [2.75, 3.05) is 18.4 Å². The number of nitrogens with one attached hydrogen (secondary N) is 1. The molecular formula is C17H16Cl2N2O3S. The number of para-hydroxylation sites is 1. The van der Waals surface area contributed by atoms with Crippen LogP contribution in [0.25, 0.3) is 0 Å². The van der Waals surface area contributed by atoms with Gasteiger partial charge in [0.2, 0.25) is 10.0 Å². The van der Waals surface area contributed by atoms with E-state index in [-0.39, 0.29) is 20.5 Å². The van der Waals surface area contributed by atoms with Crippen molar-refractivity contribution in [2.24, 2.45) is 0 Å². The Morgan fingerprint density at radius 2 is 1.64 bits per heavy atom. The number of anilines is 1. The number of sulfonamides is 1. The lowest BCUT2D eigenvalue weighted by atomic mass is 10.2. The van der Waals surface area contributed by atoms with Crippen LogP contribution in [0.1, 0.15) is 23.2 Å². The molecule has 5 nitrogen and oxygen atoms in total. The minimum atomic E-state index is -3.75. The largest absolute Gasteiger partial charge is 0.322 e. The van der Waals surface area contributed by atoms with Crippen molar-refractivity contribution >= 4 is 44.8 Å². The summed E-state index contributed by atoms with van der Waals surface area (Å²) in [6.45, 7) is 0.902. The number of rotatable bonds is 4. The Kier molecular flexibility index (Phi) is 5.34. The summed E-state index contributed by atoms with van der Waals surface area (Å²) in [5.74, 6) is -0.495. The third-order valence-electron chi connectivity index (χ3n) is 3.98. The Balaban J connectivity index is 1.97. The van der Waals surface area contributed by atoms with E-state index in [9.17, 15) is 13.2 Å². The molecule has 132 valence electrons. The summed E-state index contributed by atoms with van der Waals surface area (Å²) in [7, 11) is -3.75. The predicted molar refractivity (Wildman–Crippen MR) is 98.9 cm³/mol. The minimum Gasteiger partial charge on any atom is -0.322 e. The van der Waals surface area contributed by atoms with Gasteiger partial charge in [0.05, 0.1) is 15.6 Å². The molecule has 1 aliphatic rings. The Bertz CT molecular complexity index is 896. The number of hydrogen-bond donors (Lipinski definition) is 1. The van der Waals surface area contributed by atoms with E-state index in [1.54, 1.807) is 24.3 Å². The Morgan fingerprint density at radius 3 is 2.28 bits per heavy atom. The minimum absolute atomic E-state index is 0.00756. The molecule has 1 N–H and O–H groups in total. The third-order valence-corrected chi connectivity index (χ3v) is 6.66. The lowest BCUT2D eigenvalue weighted by Crippen LogP contribution is -2.28. The molecule has 0 aromatic heterocycles. The fourth-order valence-corrected chi connectivity index (χ4v) is 5.04. The van der Waals surface area contributed by atoms with E-state index < -0.39 is 15.9 Å². The molecule has 1 fully saturated rings. The van der Waals surface area contributed by atoms with Crippen molar-refractivity contribution in [2.45, 2.75) is 17.7 Å². The van der Waals surface area contributed by atoms with Crippen molar-refractivity contribution in [1.29, 1.82) is 0 Å². The van der Waals surface area contributed by atoms with Gasteiger partial charge in [0.1, 0.15) is 4.90 Å². The monoisotopic (exact) mass is 398 g/mol. The summed E-state index contributed by atoms with van der Waals surface area (Å²) in [6.07, 6.45) is 1.62. The van der Waals surface area contributed by atoms with E-state index in [0.717, 1.165) is 12.8 Å². The molecule has 0 bridgehead atoms. The topological polar surface area (TPSA) is 66.5 Å². The number of hydrogen-bond acceptors (Lipinski definition) is 3. The molecule has 0 atom stereocenters. The van der Waals surface area contributed by atoms with Gasteiger partial charge in [-0.3, -0.25) is 4.79 Å². The first-order valence-corrected chi connectivity index (χ1v) is 9.95. The molecule has 0 radical (unpaired) electrons. The van der Waals surface area contributed by atoms with Crippen LogP contribution in [0.3, 0.4) is 0 Å². The number of nitrogens with zero attached hydrogens (tertiary/aromatic N) is 1. The second-order valence-corrected chi connectivity index (χ2v) is 8.41. The van der Waals surface area contributed by atoms with Crippen LogP contribution in [0.4, 0.5) is 5.69 Å². The van der Waals surface area contributed by atoms with Crippen molar-refractivity contribution in [3.8, 4) is 0 Å². The number of benzene rings is 2. The Hall–Kier alpha value is -1.60. The van der Waals surface area contributed by atoms with Crippen molar-refractivity contribution in [1.82, 2.24) is 4.31 Å². The number of carbonyl (C=O) groups is 1. The molecule has 1 saturated heterocycles. The fourth-order valence-electron chi connectivity index (χ4n) is 2.69. The van der Waals surface area contributed by atoms with E-state index in [2.05, 4.69) is 5.32 Å². The van der Waals surface area contributed by atoms with Gasteiger partial charge in [-0.15, -0.1) is 0 Å². The number of carbonyl (C=O) groups excluding carboxylic acids is 1. The maximum atomic E-state index is 12.8. The molecule has 25 heavy (non-hydrogen) atoms. The van der Waals surface area contributed by atoms with Crippen molar-refractivity contribution in [3.05, 3.63) is 58.1 Å². The maximum Gasteiger partial charge on any atom is 0.257 e.